The Hall–Kier alpha value is -0.610. The third-order valence-electron chi connectivity index (χ3n) is 3.70. The zero-order valence-corrected chi connectivity index (χ0v) is 12.8. The van der Waals surface area contributed by atoms with E-state index in [9.17, 15) is 4.79 Å². The molecular weight excluding hydrogens is 240 g/mol. The van der Waals surface area contributed by atoms with Gasteiger partial charge in [0, 0.05) is 13.2 Å². The highest BCUT2D eigenvalue weighted by Crippen LogP contribution is 2.17. The van der Waals surface area contributed by atoms with Crippen molar-refractivity contribution in [2.45, 2.75) is 71.5 Å². The second-order valence-electron chi connectivity index (χ2n) is 5.28. The molecule has 2 unspecified atom stereocenters. The van der Waals surface area contributed by atoms with Crippen LogP contribution < -0.4 is 5.32 Å². The molecule has 1 aliphatic heterocycles. The van der Waals surface area contributed by atoms with Crippen molar-refractivity contribution in [3.8, 4) is 0 Å². The van der Waals surface area contributed by atoms with Gasteiger partial charge in [-0.2, -0.15) is 0 Å². The first-order valence-corrected chi connectivity index (χ1v) is 7.88. The van der Waals surface area contributed by atoms with Crippen LogP contribution in [-0.4, -0.2) is 42.8 Å². The minimum Gasteiger partial charge on any atom is -0.380 e. The van der Waals surface area contributed by atoms with Crippen LogP contribution in [-0.2, 0) is 9.53 Å². The first-order valence-electron chi connectivity index (χ1n) is 7.88. The maximum absolute atomic E-state index is 12.3. The first kappa shape index (κ1) is 16.4. The standard InChI is InChI=1S/C15H30N2O2/c1-4-7-9-13-15(18)17(14(6-3)16-13)10-12-19-11-8-5-2/h13-14,16H,4-12H2,1-3H3. The molecule has 1 fully saturated rings. The summed E-state index contributed by atoms with van der Waals surface area (Å²) >= 11 is 0. The molecule has 0 aromatic heterocycles. The molecule has 0 aromatic carbocycles. The predicted molar refractivity (Wildman–Crippen MR) is 78.0 cm³/mol. The maximum atomic E-state index is 12.3. The van der Waals surface area contributed by atoms with Crippen LogP contribution in [0.15, 0.2) is 0 Å². The number of nitrogens with one attached hydrogen (secondary N) is 1. The molecule has 4 nitrogen and oxygen atoms in total. The molecule has 1 heterocycles. The van der Waals surface area contributed by atoms with Crippen molar-refractivity contribution in [1.82, 2.24) is 10.2 Å². The molecule has 0 saturated carbocycles. The van der Waals surface area contributed by atoms with Gasteiger partial charge in [-0.15, -0.1) is 0 Å². The zero-order valence-electron chi connectivity index (χ0n) is 12.8. The molecule has 0 bridgehead atoms. The molecule has 2 atom stereocenters. The van der Waals surface area contributed by atoms with Crippen LogP contribution >= 0.6 is 0 Å². The number of carbonyl (C=O) groups excluding carboxylic acids is 1. The summed E-state index contributed by atoms with van der Waals surface area (Å²) in [6.45, 7) is 8.62. The van der Waals surface area contributed by atoms with E-state index < -0.39 is 0 Å². The highest BCUT2D eigenvalue weighted by atomic mass is 16.5. The summed E-state index contributed by atoms with van der Waals surface area (Å²) < 4.78 is 5.57. The van der Waals surface area contributed by atoms with Gasteiger partial charge in [0.25, 0.3) is 0 Å². The molecule has 0 spiro atoms. The molecule has 1 N–H and O–H groups in total. The van der Waals surface area contributed by atoms with Crippen LogP contribution in [0.3, 0.4) is 0 Å². The Bertz CT molecular complexity index is 259. The summed E-state index contributed by atoms with van der Waals surface area (Å²) in [5.41, 5.74) is 0. The average molecular weight is 270 g/mol. The molecule has 1 amide bonds. The topological polar surface area (TPSA) is 41.6 Å². The number of hydrogen-bond acceptors (Lipinski definition) is 3. The second kappa shape index (κ2) is 9.32. The van der Waals surface area contributed by atoms with Crippen molar-refractivity contribution in [2.75, 3.05) is 19.8 Å². The molecule has 0 aliphatic carbocycles. The van der Waals surface area contributed by atoms with Crippen molar-refractivity contribution in [3.05, 3.63) is 0 Å². The largest absolute Gasteiger partial charge is 0.380 e. The second-order valence-corrected chi connectivity index (χ2v) is 5.28. The van der Waals surface area contributed by atoms with Gasteiger partial charge in [-0.3, -0.25) is 10.1 Å². The monoisotopic (exact) mass is 270 g/mol. The van der Waals surface area contributed by atoms with Crippen LogP contribution in [0.1, 0.15) is 59.3 Å². The Labute approximate surface area is 117 Å². The predicted octanol–water partition coefficient (Wildman–Crippen LogP) is 2.53. The van der Waals surface area contributed by atoms with Gasteiger partial charge in [-0.1, -0.05) is 40.0 Å². The van der Waals surface area contributed by atoms with E-state index in [0.717, 1.165) is 51.7 Å². The van der Waals surface area contributed by atoms with Crippen molar-refractivity contribution in [2.24, 2.45) is 0 Å². The Morgan fingerprint density at radius 2 is 1.89 bits per heavy atom. The SMILES string of the molecule is CCCCOCCN1C(=O)C(CCCC)NC1CC. The Morgan fingerprint density at radius 1 is 1.16 bits per heavy atom. The molecule has 4 heteroatoms. The van der Waals surface area contributed by atoms with Crippen LogP contribution in [0.2, 0.25) is 0 Å². The molecule has 0 radical (unpaired) electrons. The third kappa shape index (κ3) is 5.11. The van der Waals surface area contributed by atoms with Gasteiger partial charge >= 0.3 is 0 Å². The molecule has 19 heavy (non-hydrogen) atoms. The van der Waals surface area contributed by atoms with E-state index in [-0.39, 0.29) is 18.1 Å². The van der Waals surface area contributed by atoms with Gasteiger partial charge in [0.2, 0.25) is 5.91 Å². The van der Waals surface area contributed by atoms with Crippen molar-refractivity contribution in [3.63, 3.8) is 0 Å². The molecule has 1 saturated heterocycles. The average Bonchev–Trinajstić information content (AvgIpc) is 2.73. The lowest BCUT2D eigenvalue weighted by Gasteiger charge is -2.22. The van der Waals surface area contributed by atoms with E-state index in [1.807, 2.05) is 4.90 Å². The fraction of sp³-hybridized carbons (Fsp3) is 0.933. The fourth-order valence-corrected chi connectivity index (χ4v) is 2.48. The van der Waals surface area contributed by atoms with E-state index in [1.54, 1.807) is 0 Å². The van der Waals surface area contributed by atoms with Gasteiger partial charge < -0.3 is 9.64 Å². The normalized spacial score (nSPS) is 23.3. The van der Waals surface area contributed by atoms with Crippen molar-refractivity contribution < 1.29 is 9.53 Å². The Kier molecular flexibility index (Phi) is 8.07. The van der Waals surface area contributed by atoms with E-state index in [2.05, 4.69) is 26.1 Å². The van der Waals surface area contributed by atoms with Gasteiger partial charge in [0.1, 0.15) is 0 Å². The van der Waals surface area contributed by atoms with E-state index in [1.165, 1.54) is 0 Å². The first-order chi connectivity index (χ1) is 9.24. The van der Waals surface area contributed by atoms with Crippen molar-refractivity contribution in [1.29, 1.82) is 0 Å². The lowest BCUT2D eigenvalue weighted by molar-refractivity contribution is -0.130. The number of nitrogens with zero attached hydrogens (tertiary/aromatic N) is 1. The zero-order chi connectivity index (χ0) is 14.1. The Balaban J connectivity index is 2.35. The Morgan fingerprint density at radius 3 is 2.53 bits per heavy atom. The van der Waals surface area contributed by atoms with E-state index in [4.69, 9.17) is 4.74 Å². The van der Waals surface area contributed by atoms with E-state index >= 15 is 0 Å². The lowest BCUT2D eigenvalue weighted by Crippen LogP contribution is -2.39. The summed E-state index contributed by atoms with van der Waals surface area (Å²) in [6, 6.07) is 0.0283. The highest BCUT2D eigenvalue weighted by molar-refractivity contribution is 5.84. The molecule has 112 valence electrons. The van der Waals surface area contributed by atoms with Crippen LogP contribution in [0.4, 0.5) is 0 Å². The van der Waals surface area contributed by atoms with Gasteiger partial charge in [0.05, 0.1) is 18.8 Å². The smallest absolute Gasteiger partial charge is 0.241 e. The molecule has 0 aromatic rings. The van der Waals surface area contributed by atoms with Gasteiger partial charge in [-0.25, -0.2) is 0 Å². The van der Waals surface area contributed by atoms with Crippen LogP contribution in [0.5, 0.6) is 0 Å². The summed E-state index contributed by atoms with van der Waals surface area (Å²) in [6.07, 6.45) is 6.62. The van der Waals surface area contributed by atoms with Crippen LogP contribution in [0.25, 0.3) is 0 Å². The summed E-state index contributed by atoms with van der Waals surface area (Å²) in [7, 11) is 0. The minimum atomic E-state index is 0.0283. The number of hydrogen-bond donors (Lipinski definition) is 1. The van der Waals surface area contributed by atoms with E-state index in [0.29, 0.717) is 6.61 Å². The fourth-order valence-electron chi connectivity index (χ4n) is 2.48. The molecule has 1 rings (SSSR count). The maximum Gasteiger partial charge on any atom is 0.241 e. The highest BCUT2D eigenvalue weighted by Gasteiger charge is 2.36. The van der Waals surface area contributed by atoms with Gasteiger partial charge in [-0.05, 0) is 19.3 Å². The van der Waals surface area contributed by atoms with Gasteiger partial charge in [0.15, 0.2) is 0 Å². The summed E-state index contributed by atoms with van der Waals surface area (Å²) in [4.78, 5) is 14.3. The van der Waals surface area contributed by atoms with Crippen molar-refractivity contribution >= 4 is 5.91 Å². The number of carbonyl (C=O) groups is 1. The number of amides is 1. The number of ether oxygens (including phenoxy) is 1. The van der Waals surface area contributed by atoms with Crippen LogP contribution in [0, 0.1) is 0 Å². The molecular formula is C15H30N2O2. The lowest BCUT2D eigenvalue weighted by atomic mass is 10.1. The summed E-state index contributed by atoms with van der Waals surface area (Å²) in [5, 5.41) is 3.45. The number of rotatable bonds is 10. The number of unbranched alkanes of at least 4 members (excludes halogenated alkanes) is 2. The molecule has 1 aliphatic rings. The minimum absolute atomic E-state index is 0.0283. The quantitative estimate of drug-likeness (QED) is 0.620. The summed E-state index contributed by atoms with van der Waals surface area (Å²) in [5.74, 6) is 0.263. The third-order valence-corrected chi connectivity index (χ3v) is 3.70.